The third-order valence-electron chi connectivity index (χ3n) is 4.11. The van der Waals surface area contributed by atoms with Gasteiger partial charge in [-0.15, -0.1) is 0 Å². The highest BCUT2D eigenvalue weighted by Crippen LogP contribution is 2.06. The molecule has 31 heavy (non-hydrogen) atoms. The summed E-state index contributed by atoms with van der Waals surface area (Å²) in [5.74, 6) is -4.77. The zero-order valence-corrected chi connectivity index (χ0v) is 18.6. The molecule has 8 N–H and O–H groups in total. The van der Waals surface area contributed by atoms with E-state index in [1.165, 1.54) is 11.8 Å². The maximum atomic E-state index is 12.7. The van der Waals surface area contributed by atoms with Crippen molar-refractivity contribution in [3.8, 4) is 0 Å². The number of amides is 3. The van der Waals surface area contributed by atoms with Crippen LogP contribution in [0.3, 0.4) is 0 Å². The highest BCUT2D eigenvalue weighted by molar-refractivity contribution is 7.98. The number of aliphatic hydroxyl groups excluding tert-OH is 1. The first-order valence-corrected chi connectivity index (χ1v) is 11.0. The van der Waals surface area contributed by atoms with Gasteiger partial charge >= 0.3 is 11.9 Å². The Labute approximate surface area is 184 Å². The fraction of sp³-hybridized carbons (Fsp3) is 0.722. The van der Waals surface area contributed by atoms with Gasteiger partial charge in [0.25, 0.3) is 0 Å². The van der Waals surface area contributed by atoms with Crippen LogP contribution in [0.5, 0.6) is 0 Å². The molecule has 0 radical (unpaired) electrons. The first-order valence-electron chi connectivity index (χ1n) is 9.63. The molecule has 0 saturated carbocycles. The van der Waals surface area contributed by atoms with Crippen molar-refractivity contribution in [3.05, 3.63) is 0 Å². The van der Waals surface area contributed by atoms with Crippen LogP contribution in [0, 0.1) is 5.92 Å². The molecule has 3 amide bonds. The number of rotatable bonds is 15. The van der Waals surface area contributed by atoms with E-state index in [9.17, 15) is 24.0 Å². The molecule has 0 aliphatic rings. The topological polar surface area (TPSA) is 208 Å². The zero-order chi connectivity index (χ0) is 24.1. The van der Waals surface area contributed by atoms with Crippen LogP contribution < -0.4 is 21.7 Å². The molecular weight excluding hydrogens is 432 g/mol. The highest BCUT2D eigenvalue weighted by Gasteiger charge is 2.31. The maximum Gasteiger partial charge on any atom is 0.328 e. The lowest BCUT2D eigenvalue weighted by Crippen LogP contribution is -2.58. The van der Waals surface area contributed by atoms with Crippen LogP contribution in [0.2, 0.25) is 0 Å². The molecule has 12 nitrogen and oxygen atoms in total. The number of thioether (sulfide) groups is 1. The zero-order valence-electron chi connectivity index (χ0n) is 17.8. The fourth-order valence-electron chi connectivity index (χ4n) is 2.51. The minimum Gasteiger partial charge on any atom is -0.481 e. The predicted octanol–water partition coefficient (Wildman–Crippen LogP) is -1.88. The summed E-state index contributed by atoms with van der Waals surface area (Å²) in [6.45, 7) is 2.85. The summed E-state index contributed by atoms with van der Waals surface area (Å²) in [6, 6.07) is -5.20. The smallest absolute Gasteiger partial charge is 0.328 e. The van der Waals surface area contributed by atoms with Gasteiger partial charge in [0.05, 0.1) is 19.1 Å². The molecule has 0 saturated heterocycles. The Bertz CT molecular complexity index is 646. The average molecular weight is 465 g/mol. The van der Waals surface area contributed by atoms with Gasteiger partial charge in [-0.1, -0.05) is 13.8 Å². The Balaban J connectivity index is 5.38. The predicted molar refractivity (Wildman–Crippen MR) is 113 cm³/mol. The summed E-state index contributed by atoms with van der Waals surface area (Å²) >= 11 is 1.41. The van der Waals surface area contributed by atoms with Gasteiger partial charge in [-0.25, -0.2) is 4.79 Å². The van der Waals surface area contributed by atoms with Crippen molar-refractivity contribution in [2.24, 2.45) is 11.7 Å². The van der Waals surface area contributed by atoms with Gasteiger partial charge in [0.1, 0.15) is 18.1 Å². The Morgan fingerprint density at radius 2 is 1.42 bits per heavy atom. The van der Waals surface area contributed by atoms with Crippen molar-refractivity contribution in [2.75, 3.05) is 18.6 Å². The van der Waals surface area contributed by atoms with Crippen LogP contribution in [0.25, 0.3) is 0 Å². The van der Waals surface area contributed by atoms with E-state index in [0.29, 0.717) is 12.2 Å². The van der Waals surface area contributed by atoms with Crippen LogP contribution >= 0.6 is 11.8 Å². The van der Waals surface area contributed by atoms with Gasteiger partial charge in [0.2, 0.25) is 17.7 Å². The molecule has 0 heterocycles. The van der Waals surface area contributed by atoms with Gasteiger partial charge in [-0.2, -0.15) is 11.8 Å². The number of hydrogen-bond acceptors (Lipinski definition) is 8. The number of nitrogens with two attached hydrogens (primary N) is 1. The number of carboxylic acid groups (broad SMARTS) is 2. The number of nitrogens with one attached hydrogen (secondary N) is 3. The Morgan fingerprint density at radius 1 is 0.903 bits per heavy atom. The maximum absolute atomic E-state index is 12.7. The average Bonchev–Trinajstić information content (AvgIpc) is 2.66. The van der Waals surface area contributed by atoms with E-state index in [-0.39, 0.29) is 12.3 Å². The Kier molecular flexibility index (Phi) is 13.5. The van der Waals surface area contributed by atoms with Crippen LogP contribution in [-0.4, -0.2) is 87.8 Å². The van der Waals surface area contributed by atoms with E-state index >= 15 is 0 Å². The molecular formula is C18H32N4O8S. The van der Waals surface area contributed by atoms with E-state index in [1.54, 1.807) is 6.26 Å². The van der Waals surface area contributed by atoms with Crippen molar-refractivity contribution < 1.29 is 39.3 Å². The fourth-order valence-corrected chi connectivity index (χ4v) is 2.98. The van der Waals surface area contributed by atoms with Crippen molar-refractivity contribution in [1.82, 2.24) is 16.0 Å². The first kappa shape index (κ1) is 28.6. The summed E-state index contributed by atoms with van der Waals surface area (Å²) < 4.78 is 0. The standard InChI is InChI=1S/C18H32N4O8S/c1-9(2)6-10(19)15(26)20-11(4-5-31-3)16(27)21-12(7-14(24)25)17(28)22-13(8-23)18(29)30/h9-13,23H,4-8,19H2,1-3H3,(H,20,26)(H,21,27)(H,22,28)(H,24,25)(H,29,30). The van der Waals surface area contributed by atoms with Crippen LogP contribution in [-0.2, 0) is 24.0 Å². The molecule has 0 aliphatic carbocycles. The quantitative estimate of drug-likeness (QED) is 0.143. The second-order valence-corrected chi connectivity index (χ2v) is 8.31. The highest BCUT2D eigenvalue weighted by atomic mass is 32.2. The second kappa shape index (κ2) is 14.6. The third kappa shape index (κ3) is 11.5. The first-order chi connectivity index (χ1) is 14.4. The minimum atomic E-state index is -1.67. The van der Waals surface area contributed by atoms with Gasteiger partial charge in [-0.3, -0.25) is 19.2 Å². The van der Waals surface area contributed by atoms with Crippen LogP contribution in [0.1, 0.15) is 33.1 Å². The third-order valence-corrected chi connectivity index (χ3v) is 4.76. The molecule has 0 aliphatic heterocycles. The van der Waals surface area contributed by atoms with E-state index in [1.807, 2.05) is 19.2 Å². The van der Waals surface area contributed by atoms with Crippen molar-refractivity contribution in [1.29, 1.82) is 0 Å². The Hall–Kier alpha value is -2.38. The Morgan fingerprint density at radius 3 is 1.87 bits per heavy atom. The van der Waals surface area contributed by atoms with Gasteiger partial charge < -0.3 is 37.0 Å². The van der Waals surface area contributed by atoms with E-state index < -0.39 is 66.9 Å². The summed E-state index contributed by atoms with van der Waals surface area (Å²) in [5, 5.41) is 33.7. The van der Waals surface area contributed by atoms with E-state index in [4.69, 9.17) is 21.1 Å². The molecule has 0 aromatic carbocycles. The molecule has 4 atom stereocenters. The van der Waals surface area contributed by atoms with Gasteiger partial charge in [0.15, 0.2) is 0 Å². The number of aliphatic hydroxyl groups is 1. The number of carbonyl (C=O) groups excluding carboxylic acids is 3. The largest absolute Gasteiger partial charge is 0.481 e. The summed E-state index contributed by atoms with van der Waals surface area (Å²) in [5.41, 5.74) is 5.84. The minimum absolute atomic E-state index is 0.150. The molecule has 0 bridgehead atoms. The molecule has 178 valence electrons. The lowest BCUT2D eigenvalue weighted by atomic mass is 10.0. The second-order valence-electron chi connectivity index (χ2n) is 7.32. The van der Waals surface area contributed by atoms with E-state index in [2.05, 4.69) is 10.6 Å². The number of carboxylic acids is 2. The molecule has 0 fully saturated rings. The SMILES string of the molecule is CSCCC(NC(=O)C(N)CC(C)C)C(=O)NC(CC(=O)O)C(=O)NC(CO)C(=O)O. The summed E-state index contributed by atoms with van der Waals surface area (Å²) in [7, 11) is 0. The van der Waals surface area contributed by atoms with Crippen molar-refractivity contribution >= 4 is 41.4 Å². The van der Waals surface area contributed by atoms with Crippen LogP contribution in [0.4, 0.5) is 0 Å². The van der Waals surface area contributed by atoms with Gasteiger partial charge in [-0.05, 0) is 30.8 Å². The number of aliphatic carboxylic acids is 2. The number of carbonyl (C=O) groups is 5. The molecule has 4 unspecified atom stereocenters. The summed E-state index contributed by atoms with van der Waals surface area (Å²) in [6.07, 6.45) is 1.56. The monoisotopic (exact) mass is 464 g/mol. The molecule has 13 heteroatoms. The van der Waals surface area contributed by atoms with Gasteiger partial charge in [0, 0.05) is 0 Å². The lowest BCUT2D eigenvalue weighted by molar-refractivity contribution is -0.144. The number of hydrogen-bond donors (Lipinski definition) is 7. The van der Waals surface area contributed by atoms with Crippen LogP contribution in [0.15, 0.2) is 0 Å². The lowest BCUT2D eigenvalue weighted by Gasteiger charge is -2.24. The molecule has 0 rings (SSSR count). The van der Waals surface area contributed by atoms with Crippen molar-refractivity contribution in [3.63, 3.8) is 0 Å². The van der Waals surface area contributed by atoms with E-state index in [0.717, 1.165) is 0 Å². The molecule has 0 aromatic heterocycles. The molecule has 0 aromatic rings. The summed E-state index contributed by atoms with van der Waals surface area (Å²) in [4.78, 5) is 59.4. The normalized spacial score (nSPS) is 14.8. The molecule has 0 spiro atoms. The van der Waals surface area contributed by atoms with Crippen molar-refractivity contribution in [2.45, 2.75) is 57.3 Å².